The highest BCUT2D eigenvalue weighted by atomic mass is 32.2. The van der Waals surface area contributed by atoms with Crippen LogP contribution in [0.15, 0.2) is 40.3 Å². The number of carbonyl (C=O) groups excluding carboxylic acids is 2. The fraction of sp³-hybridized carbons (Fsp3) is 0.476. The molecule has 10 heteroatoms. The van der Waals surface area contributed by atoms with Gasteiger partial charge in [0, 0.05) is 24.7 Å². The zero-order chi connectivity index (χ0) is 22.6. The van der Waals surface area contributed by atoms with Gasteiger partial charge in [-0.3, -0.25) is 0 Å². The SMILES string of the molecule is CCOC(=O)[C@H](C)NC(=O)NC1CCN(C2=NS(=O)(=O)C(c3ccccc3)=C2C)CC1. The van der Waals surface area contributed by atoms with E-state index in [4.69, 9.17) is 4.74 Å². The number of rotatable bonds is 5. The topological polar surface area (TPSA) is 117 Å². The molecule has 0 saturated carbocycles. The van der Waals surface area contributed by atoms with Gasteiger partial charge < -0.3 is 20.3 Å². The second-order valence-electron chi connectivity index (χ2n) is 7.56. The molecule has 0 aliphatic carbocycles. The van der Waals surface area contributed by atoms with Crippen LogP contribution in [0.1, 0.15) is 39.2 Å². The predicted molar refractivity (Wildman–Crippen MR) is 118 cm³/mol. The first-order valence-corrected chi connectivity index (χ1v) is 11.8. The van der Waals surface area contributed by atoms with Crippen molar-refractivity contribution in [1.82, 2.24) is 15.5 Å². The lowest BCUT2D eigenvalue weighted by atomic mass is 10.0. The Bertz CT molecular complexity index is 996. The minimum atomic E-state index is -3.74. The highest BCUT2D eigenvalue weighted by molar-refractivity contribution is 8.00. The molecule has 2 N–H and O–H groups in total. The van der Waals surface area contributed by atoms with Crippen molar-refractivity contribution in [2.45, 2.75) is 45.7 Å². The lowest BCUT2D eigenvalue weighted by Gasteiger charge is -2.34. The van der Waals surface area contributed by atoms with Crippen molar-refractivity contribution >= 4 is 32.8 Å². The highest BCUT2D eigenvalue weighted by Gasteiger charge is 2.35. The number of likely N-dealkylation sites (tertiary alicyclic amines) is 1. The zero-order valence-corrected chi connectivity index (χ0v) is 18.7. The van der Waals surface area contributed by atoms with Gasteiger partial charge in [-0.15, -0.1) is 4.40 Å². The van der Waals surface area contributed by atoms with E-state index in [0.29, 0.717) is 42.9 Å². The maximum atomic E-state index is 12.7. The summed E-state index contributed by atoms with van der Waals surface area (Å²) < 4.78 is 34.2. The van der Waals surface area contributed by atoms with Crippen LogP contribution in [0.25, 0.3) is 4.91 Å². The average Bonchev–Trinajstić information content (AvgIpc) is 2.98. The van der Waals surface area contributed by atoms with Crippen molar-refractivity contribution in [3.8, 4) is 0 Å². The molecular formula is C21H28N4O5S. The monoisotopic (exact) mass is 448 g/mol. The second-order valence-corrected chi connectivity index (χ2v) is 9.10. The summed E-state index contributed by atoms with van der Waals surface area (Å²) in [6.07, 6.45) is 1.27. The second kappa shape index (κ2) is 9.51. The molecule has 0 radical (unpaired) electrons. The van der Waals surface area contributed by atoms with E-state index in [-0.39, 0.29) is 17.6 Å². The molecule has 31 heavy (non-hydrogen) atoms. The van der Waals surface area contributed by atoms with Crippen LogP contribution in [0.2, 0.25) is 0 Å². The number of hydrogen-bond acceptors (Lipinski definition) is 6. The lowest BCUT2D eigenvalue weighted by molar-refractivity contribution is -0.144. The van der Waals surface area contributed by atoms with Crippen LogP contribution in [0.4, 0.5) is 4.79 Å². The van der Waals surface area contributed by atoms with Crippen LogP contribution >= 0.6 is 0 Å². The van der Waals surface area contributed by atoms with Gasteiger partial charge in [-0.05, 0) is 39.2 Å². The van der Waals surface area contributed by atoms with Gasteiger partial charge in [0.05, 0.1) is 6.61 Å². The molecule has 168 valence electrons. The Morgan fingerprint density at radius 3 is 2.48 bits per heavy atom. The van der Waals surface area contributed by atoms with E-state index in [0.717, 1.165) is 0 Å². The first-order chi connectivity index (χ1) is 14.7. The molecular weight excluding hydrogens is 420 g/mol. The summed E-state index contributed by atoms with van der Waals surface area (Å²) in [6.45, 7) is 6.43. The van der Waals surface area contributed by atoms with Crippen LogP contribution in [0.3, 0.4) is 0 Å². The largest absolute Gasteiger partial charge is 0.464 e. The number of carbonyl (C=O) groups is 2. The van der Waals surface area contributed by atoms with Gasteiger partial charge in [-0.25, -0.2) is 9.59 Å². The Morgan fingerprint density at radius 1 is 1.23 bits per heavy atom. The molecule has 0 unspecified atom stereocenters. The number of nitrogens with one attached hydrogen (secondary N) is 2. The Morgan fingerprint density at radius 2 is 1.87 bits per heavy atom. The summed E-state index contributed by atoms with van der Waals surface area (Å²) in [7, 11) is -3.74. The minimum absolute atomic E-state index is 0.0814. The minimum Gasteiger partial charge on any atom is -0.464 e. The van der Waals surface area contributed by atoms with Crippen molar-refractivity contribution in [3.63, 3.8) is 0 Å². The smallest absolute Gasteiger partial charge is 0.328 e. The molecule has 2 aliphatic heterocycles. The van der Waals surface area contributed by atoms with E-state index in [1.807, 2.05) is 11.0 Å². The predicted octanol–water partition coefficient (Wildman–Crippen LogP) is 1.87. The van der Waals surface area contributed by atoms with Crippen molar-refractivity contribution in [2.75, 3.05) is 19.7 Å². The van der Waals surface area contributed by atoms with Gasteiger partial charge in [0.2, 0.25) is 0 Å². The number of ether oxygens (including phenoxy) is 1. The summed E-state index contributed by atoms with van der Waals surface area (Å²) in [4.78, 5) is 26.0. The molecule has 2 amide bonds. The molecule has 0 spiro atoms. The maximum absolute atomic E-state index is 12.7. The molecule has 1 atom stereocenters. The number of amides is 2. The molecule has 3 rings (SSSR count). The molecule has 9 nitrogen and oxygen atoms in total. The van der Waals surface area contributed by atoms with Gasteiger partial charge in [-0.2, -0.15) is 8.42 Å². The van der Waals surface area contributed by atoms with E-state index < -0.39 is 28.1 Å². The summed E-state index contributed by atoms with van der Waals surface area (Å²) >= 11 is 0. The fourth-order valence-corrected chi connectivity index (χ4v) is 5.24. The zero-order valence-electron chi connectivity index (χ0n) is 17.9. The molecule has 2 aliphatic rings. The molecule has 1 aromatic rings. The van der Waals surface area contributed by atoms with E-state index in [1.54, 1.807) is 45.0 Å². The maximum Gasteiger partial charge on any atom is 0.328 e. The number of urea groups is 1. The number of hydrogen-bond donors (Lipinski definition) is 2. The lowest BCUT2D eigenvalue weighted by Crippen LogP contribution is -2.51. The summed E-state index contributed by atoms with van der Waals surface area (Å²) in [5.41, 5.74) is 1.27. The third-order valence-corrected chi connectivity index (χ3v) is 6.77. The number of benzene rings is 1. The average molecular weight is 449 g/mol. The molecule has 2 heterocycles. The van der Waals surface area contributed by atoms with Crippen molar-refractivity contribution < 1.29 is 22.7 Å². The van der Waals surface area contributed by atoms with Gasteiger partial charge in [-0.1, -0.05) is 30.3 Å². The van der Waals surface area contributed by atoms with Crippen molar-refractivity contribution in [2.24, 2.45) is 4.40 Å². The Labute approximate surface area is 182 Å². The first kappa shape index (κ1) is 22.8. The quantitative estimate of drug-likeness (QED) is 0.664. The number of amidine groups is 1. The molecule has 1 fully saturated rings. The molecule has 1 aromatic carbocycles. The first-order valence-electron chi connectivity index (χ1n) is 10.3. The Hall–Kier alpha value is -2.88. The normalized spacial score (nSPS) is 19.6. The van der Waals surface area contributed by atoms with Crippen LogP contribution in [0, 0.1) is 0 Å². The van der Waals surface area contributed by atoms with E-state index >= 15 is 0 Å². The summed E-state index contributed by atoms with van der Waals surface area (Å²) in [5.74, 6) is -0.0119. The van der Waals surface area contributed by atoms with Crippen LogP contribution < -0.4 is 10.6 Å². The van der Waals surface area contributed by atoms with E-state index in [9.17, 15) is 18.0 Å². The Kier molecular flexibility index (Phi) is 6.99. The van der Waals surface area contributed by atoms with Crippen molar-refractivity contribution in [3.05, 3.63) is 41.5 Å². The number of sulfonamides is 1. The van der Waals surface area contributed by atoms with Crippen LogP contribution in [0.5, 0.6) is 0 Å². The standard InChI is InChI=1S/C21H28N4O5S/c1-4-30-20(26)15(3)22-21(27)23-17-10-12-25(13-11-17)19-14(2)18(31(28,29)24-19)16-8-6-5-7-9-16/h5-9,15,17H,4,10-13H2,1-3H3,(H2,22,23,27)/t15-/m0/s1. The number of esters is 1. The molecule has 1 saturated heterocycles. The van der Waals surface area contributed by atoms with Gasteiger partial charge in [0.15, 0.2) is 0 Å². The van der Waals surface area contributed by atoms with Gasteiger partial charge in [0.1, 0.15) is 16.8 Å². The summed E-state index contributed by atoms with van der Waals surface area (Å²) in [6, 6.07) is 7.72. The van der Waals surface area contributed by atoms with Gasteiger partial charge in [0.25, 0.3) is 10.0 Å². The molecule has 0 aromatic heterocycles. The highest BCUT2D eigenvalue weighted by Crippen LogP contribution is 2.34. The number of piperidine rings is 1. The summed E-state index contributed by atoms with van der Waals surface area (Å²) in [5, 5.41) is 5.44. The Balaban J connectivity index is 1.59. The third kappa shape index (κ3) is 5.25. The fourth-order valence-electron chi connectivity index (χ4n) is 3.76. The van der Waals surface area contributed by atoms with Crippen LogP contribution in [-0.4, -0.2) is 62.9 Å². The van der Waals surface area contributed by atoms with E-state index in [2.05, 4.69) is 15.0 Å². The molecule has 0 bridgehead atoms. The number of nitrogens with zero attached hydrogens (tertiary/aromatic N) is 2. The van der Waals surface area contributed by atoms with Crippen molar-refractivity contribution in [1.29, 1.82) is 0 Å². The van der Waals surface area contributed by atoms with E-state index in [1.165, 1.54) is 0 Å². The van der Waals surface area contributed by atoms with Gasteiger partial charge >= 0.3 is 12.0 Å². The third-order valence-electron chi connectivity index (χ3n) is 5.29. The van der Waals surface area contributed by atoms with Crippen LogP contribution in [-0.2, 0) is 19.6 Å².